The minimum Gasteiger partial charge on any atom is -0.350 e. The summed E-state index contributed by atoms with van der Waals surface area (Å²) >= 11 is 3.60. The highest BCUT2D eigenvalue weighted by molar-refractivity contribution is 7.11. The average molecular weight is 364 g/mol. The van der Waals surface area contributed by atoms with Gasteiger partial charge in [-0.05, 0) is 25.3 Å². The topological polar surface area (TPSA) is 43.8 Å². The van der Waals surface area contributed by atoms with Crippen LogP contribution >= 0.6 is 22.7 Å². The van der Waals surface area contributed by atoms with E-state index in [1.807, 2.05) is 18.4 Å². The Balaban J connectivity index is 1.48. The predicted molar refractivity (Wildman–Crippen MR) is 103 cm³/mol. The molecule has 1 aliphatic rings. The molecule has 5 nitrogen and oxygen atoms in total. The van der Waals surface area contributed by atoms with E-state index in [2.05, 4.69) is 56.5 Å². The van der Waals surface area contributed by atoms with Gasteiger partial charge in [0.1, 0.15) is 5.01 Å². The zero-order valence-corrected chi connectivity index (χ0v) is 16.2. The molecule has 24 heavy (non-hydrogen) atoms. The molecule has 2 aromatic rings. The maximum Gasteiger partial charge on any atom is 0.194 e. The standard InChI is InChI=1S/C17H25N5S2/c1-13-14(2)24-16(20-13)11-19-17(18-3)22-8-6-21(7-9-22)12-15-5-4-10-23-15/h4-5,10H,6-9,11-12H2,1-3H3,(H,18,19). The van der Waals surface area contributed by atoms with Gasteiger partial charge in [0.15, 0.2) is 5.96 Å². The normalized spacial score (nSPS) is 16.6. The third-order valence-corrected chi connectivity index (χ3v) is 6.25. The lowest BCUT2D eigenvalue weighted by Crippen LogP contribution is -2.51. The lowest BCUT2D eigenvalue weighted by atomic mass is 10.3. The van der Waals surface area contributed by atoms with Gasteiger partial charge in [-0.25, -0.2) is 4.98 Å². The fraction of sp³-hybridized carbons (Fsp3) is 0.529. The van der Waals surface area contributed by atoms with Crippen molar-refractivity contribution in [3.05, 3.63) is 38.0 Å². The zero-order chi connectivity index (χ0) is 16.9. The molecule has 1 saturated heterocycles. The Morgan fingerprint density at radius 3 is 2.67 bits per heavy atom. The number of aromatic nitrogens is 1. The van der Waals surface area contributed by atoms with Crippen molar-refractivity contribution in [1.29, 1.82) is 0 Å². The first kappa shape index (κ1) is 17.4. The molecule has 0 spiro atoms. The second-order valence-electron chi connectivity index (χ2n) is 5.99. The van der Waals surface area contributed by atoms with E-state index in [1.54, 1.807) is 11.3 Å². The maximum atomic E-state index is 4.59. The number of hydrogen-bond donors (Lipinski definition) is 1. The first-order valence-electron chi connectivity index (χ1n) is 8.29. The number of thiophene rings is 1. The molecule has 0 radical (unpaired) electrons. The van der Waals surface area contributed by atoms with Gasteiger partial charge in [0, 0.05) is 49.5 Å². The molecule has 0 atom stereocenters. The van der Waals surface area contributed by atoms with Crippen LogP contribution in [0.4, 0.5) is 0 Å². The highest BCUT2D eigenvalue weighted by Crippen LogP contribution is 2.16. The zero-order valence-electron chi connectivity index (χ0n) is 14.6. The SMILES string of the molecule is CN=C(NCc1nc(C)c(C)s1)N1CCN(Cc2cccs2)CC1. The Morgan fingerprint density at radius 2 is 2.08 bits per heavy atom. The molecule has 130 valence electrons. The highest BCUT2D eigenvalue weighted by atomic mass is 32.1. The minimum atomic E-state index is 0.751. The molecular weight excluding hydrogens is 338 g/mol. The monoisotopic (exact) mass is 363 g/mol. The van der Waals surface area contributed by atoms with E-state index in [0.717, 1.165) is 55.9 Å². The van der Waals surface area contributed by atoms with Crippen LogP contribution in [0.5, 0.6) is 0 Å². The molecule has 7 heteroatoms. The lowest BCUT2D eigenvalue weighted by Gasteiger charge is -2.36. The van der Waals surface area contributed by atoms with E-state index >= 15 is 0 Å². The summed E-state index contributed by atoms with van der Waals surface area (Å²) in [6.07, 6.45) is 0. The Hall–Kier alpha value is -1.44. The van der Waals surface area contributed by atoms with Gasteiger partial charge in [-0.15, -0.1) is 22.7 Å². The molecule has 3 heterocycles. The Morgan fingerprint density at radius 1 is 1.29 bits per heavy atom. The van der Waals surface area contributed by atoms with E-state index in [9.17, 15) is 0 Å². The summed E-state index contributed by atoms with van der Waals surface area (Å²) in [5.41, 5.74) is 1.13. The van der Waals surface area contributed by atoms with Crippen LogP contribution in [-0.2, 0) is 13.1 Å². The van der Waals surface area contributed by atoms with E-state index in [-0.39, 0.29) is 0 Å². The summed E-state index contributed by atoms with van der Waals surface area (Å²) in [5, 5.41) is 6.74. The molecule has 0 amide bonds. The Labute approximate surface area is 152 Å². The van der Waals surface area contributed by atoms with Crippen molar-refractivity contribution in [1.82, 2.24) is 20.1 Å². The molecule has 1 N–H and O–H groups in total. The second-order valence-corrected chi connectivity index (χ2v) is 8.31. The van der Waals surface area contributed by atoms with Crippen LogP contribution in [0.25, 0.3) is 0 Å². The smallest absolute Gasteiger partial charge is 0.194 e. The van der Waals surface area contributed by atoms with Crippen molar-refractivity contribution < 1.29 is 0 Å². The molecule has 0 aliphatic carbocycles. The number of guanidine groups is 1. The number of nitrogens with one attached hydrogen (secondary N) is 1. The van der Waals surface area contributed by atoms with Gasteiger partial charge < -0.3 is 10.2 Å². The van der Waals surface area contributed by atoms with Gasteiger partial charge in [0.05, 0.1) is 12.2 Å². The van der Waals surface area contributed by atoms with Crippen LogP contribution in [0.3, 0.4) is 0 Å². The molecule has 2 aromatic heterocycles. The van der Waals surface area contributed by atoms with Crippen molar-refractivity contribution in [2.24, 2.45) is 4.99 Å². The molecular formula is C17H25N5S2. The first-order valence-corrected chi connectivity index (χ1v) is 9.98. The summed E-state index contributed by atoms with van der Waals surface area (Å²) in [6.45, 7) is 10.2. The van der Waals surface area contributed by atoms with E-state index in [0.29, 0.717) is 0 Å². The number of aliphatic imine (C=N–C) groups is 1. The lowest BCUT2D eigenvalue weighted by molar-refractivity contribution is 0.173. The Bertz CT molecular complexity index is 650. The summed E-state index contributed by atoms with van der Waals surface area (Å²) in [6, 6.07) is 4.35. The molecule has 0 bridgehead atoms. The minimum absolute atomic E-state index is 0.751. The third-order valence-electron chi connectivity index (χ3n) is 4.31. The van der Waals surface area contributed by atoms with E-state index in [4.69, 9.17) is 0 Å². The van der Waals surface area contributed by atoms with Crippen LogP contribution in [-0.4, -0.2) is 54.0 Å². The van der Waals surface area contributed by atoms with Gasteiger partial charge in [-0.2, -0.15) is 0 Å². The van der Waals surface area contributed by atoms with E-state index in [1.165, 1.54) is 9.75 Å². The molecule has 0 unspecified atom stereocenters. The van der Waals surface area contributed by atoms with Crippen molar-refractivity contribution >= 4 is 28.6 Å². The fourth-order valence-corrected chi connectivity index (χ4v) is 4.46. The molecule has 1 aliphatic heterocycles. The quantitative estimate of drug-likeness (QED) is 0.670. The summed E-state index contributed by atoms with van der Waals surface area (Å²) in [4.78, 5) is 16.6. The highest BCUT2D eigenvalue weighted by Gasteiger charge is 2.20. The molecule has 0 saturated carbocycles. The van der Waals surface area contributed by atoms with Crippen LogP contribution < -0.4 is 5.32 Å². The number of nitrogens with zero attached hydrogens (tertiary/aromatic N) is 4. The van der Waals surface area contributed by atoms with Gasteiger partial charge in [0.2, 0.25) is 0 Å². The van der Waals surface area contributed by atoms with Crippen molar-refractivity contribution in [2.45, 2.75) is 26.9 Å². The van der Waals surface area contributed by atoms with E-state index < -0.39 is 0 Å². The largest absolute Gasteiger partial charge is 0.350 e. The number of thiazole rings is 1. The van der Waals surface area contributed by atoms with Crippen LogP contribution in [0.1, 0.15) is 20.5 Å². The maximum absolute atomic E-state index is 4.59. The van der Waals surface area contributed by atoms with Gasteiger partial charge in [-0.3, -0.25) is 9.89 Å². The van der Waals surface area contributed by atoms with Gasteiger partial charge in [-0.1, -0.05) is 6.07 Å². The van der Waals surface area contributed by atoms with Crippen LogP contribution in [0, 0.1) is 13.8 Å². The second kappa shape index (κ2) is 8.09. The average Bonchev–Trinajstić information content (AvgIpc) is 3.20. The number of hydrogen-bond acceptors (Lipinski definition) is 5. The third kappa shape index (κ3) is 4.34. The summed E-state index contributed by atoms with van der Waals surface area (Å²) < 4.78 is 0. The van der Waals surface area contributed by atoms with Crippen LogP contribution in [0.15, 0.2) is 22.5 Å². The first-order chi connectivity index (χ1) is 11.7. The fourth-order valence-electron chi connectivity index (χ4n) is 2.84. The summed E-state index contributed by atoms with van der Waals surface area (Å²) in [5.74, 6) is 0.983. The molecule has 1 fully saturated rings. The predicted octanol–water partition coefficient (Wildman–Crippen LogP) is 2.71. The molecule has 0 aromatic carbocycles. The van der Waals surface area contributed by atoms with Gasteiger partial charge >= 0.3 is 0 Å². The number of rotatable bonds is 4. The Kier molecular flexibility index (Phi) is 5.86. The van der Waals surface area contributed by atoms with Crippen molar-refractivity contribution in [3.63, 3.8) is 0 Å². The van der Waals surface area contributed by atoms with Crippen molar-refractivity contribution in [3.8, 4) is 0 Å². The summed E-state index contributed by atoms with van der Waals surface area (Å²) in [7, 11) is 1.86. The van der Waals surface area contributed by atoms with Crippen LogP contribution in [0.2, 0.25) is 0 Å². The van der Waals surface area contributed by atoms with Gasteiger partial charge in [0.25, 0.3) is 0 Å². The van der Waals surface area contributed by atoms with Crippen molar-refractivity contribution in [2.75, 3.05) is 33.2 Å². The molecule has 3 rings (SSSR count). The number of aryl methyl sites for hydroxylation is 2. The number of piperazine rings is 1.